The van der Waals surface area contributed by atoms with Crippen LogP contribution in [0.15, 0.2) is 39.8 Å². The van der Waals surface area contributed by atoms with E-state index in [2.05, 4.69) is 20.3 Å². The van der Waals surface area contributed by atoms with Crippen molar-refractivity contribution in [1.29, 1.82) is 0 Å². The van der Waals surface area contributed by atoms with Crippen LogP contribution in [-0.4, -0.2) is 32.9 Å². The number of hydrogen-bond donors (Lipinski definition) is 1. The van der Waals surface area contributed by atoms with Gasteiger partial charge in [-0.1, -0.05) is 23.1 Å². The third kappa shape index (κ3) is 4.26. The summed E-state index contributed by atoms with van der Waals surface area (Å²) in [7, 11) is 1.49. The molecule has 3 aromatic heterocycles. The zero-order valence-electron chi connectivity index (χ0n) is 15.1. The maximum absolute atomic E-state index is 12.5. The summed E-state index contributed by atoms with van der Waals surface area (Å²) in [6.45, 7) is 3.75. The van der Waals surface area contributed by atoms with Crippen LogP contribution in [0.25, 0.3) is 0 Å². The second-order valence-electron chi connectivity index (χ2n) is 5.64. The largest absolute Gasteiger partial charge is 0.481 e. The standard InChI is InChI=1S/C17H15N5O4S2/c1-9-6-18-7-10(2)13(9)27-17-14(22(24)25)21-16(28-17)15(23)20-11-4-5-12(26-3)19-8-11/h4-8H,1-3H3,(H,20,23). The molecule has 0 aliphatic carbocycles. The molecule has 0 radical (unpaired) electrons. The number of rotatable bonds is 6. The van der Waals surface area contributed by atoms with Crippen molar-refractivity contribution in [2.24, 2.45) is 0 Å². The van der Waals surface area contributed by atoms with E-state index in [1.54, 1.807) is 24.5 Å². The Labute approximate surface area is 168 Å². The summed E-state index contributed by atoms with van der Waals surface area (Å²) in [4.78, 5) is 36.2. The number of nitrogens with one attached hydrogen (secondary N) is 1. The fourth-order valence-corrected chi connectivity index (χ4v) is 4.42. The van der Waals surface area contributed by atoms with Crippen LogP contribution < -0.4 is 10.1 Å². The molecule has 0 saturated carbocycles. The first-order valence-electron chi connectivity index (χ1n) is 7.94. The highest BCUT2D eigenvalue weighted by Crippen LogP contribution is 2.41. The summed E-state index contributed by atoms with van der Waals surface area (Å²) >= 11 is 2.18. The van der Waals surface area contributed by atoms with Crippen molar-refractivity contribution in [3.63, 3.8) is 0 Å². The van der Waals surface area contributed by atoms with E-state index < -0.39 is 10.8 Å². The minimum Gasteiger partial charge on any atom is -0.481 e. The van der Waals surface area contributed by atoms with Crippen molar-refractivity contribution in [3.05, 3.63) is 57.0 Å². The van der Waals surface area contributed by atoms with Gasteiger partial charge in [0.1, 0.15) is 0 Å². The SMILES string of the molecule is COc1ccc(NC(=O)c2nc([N+](=O)[O-])c(Sc3c(C)cncc3C)s2)cn1. The highest BCUT2D eigenvalue weighted by atomic mass is 32.2. The number of thiazole rings is 1. The Bertz CT molecular complexity index is 1020. The average molecular weight is 417 g/mol. The fraction of sp³-hybridized carbons (Fsp3) is 0.176. The lowest BCUT2D eigenvalue weighted by Gasteiger charge is -2.06. The van der Waals surface area contributed by atoms with Gasteiger partial charge in [0.15, 0.2) is 4.21 Å². The lowest BCUT2D eigenvalue weighted by Crippen LogP contribution is -2.11. The van der Waals surface area contributed by atoms with Gasteiger partial charge >= 0.3 is 11.7 Å². The number of amides is 1. The Kier molecular flexibility index (Phi) is 5.85. The summed E-state index contributed by atoms with van der Waals surface area (Å²) in [5, 5.41) is 14.0. The third-order valence-electron chi connectivity index (χ3n) is 3.60. The van der Waals surface area contributed by atoms with Gasteiger partial charge < -0.3 is 20.2 Å². The van der Waals surface area contributed by atoms with Gasteiger partial charge in [0.2, 0.25) is 5.88 Å². The Morgan fingerprint density at radius 2 is 1.96 bits per heavy atom. The van der Waals surface area contributed by atoms with Crippen LogP contribution in [0.4, 0.5) is 11.5 Å². The summed E-state index contributed by atoms with van der Waals surface area (Å²) in [5.41, 5.74) is 2.21. The van der Waals surface area contributed by atoms with Gasteiger partial charge in [0, 0.05) is 23.4 Å². The number of methoxy groups -OCH3 is 1. The highest BCUT2D eigenvalue weighted by Gasteiger charge is 2.28. The number of nitro groups is 1. The molecule has 144 valence electrons. The minimum atomic E-state index is -0.587. The van der Waals surface area contributed by atoms with Gasteiger partial charge in [0.25, 0.3) is 5.01 Å². The predicted molar refractivity (Wildman–Crippen MR) is 105 cm³/mol. The van der Waals surface area contributed by atoms with Gasteiger partial charge in [-0.05, 0) is 40.9 Å². The van der Waals surface area contributed by atoms with Crippen molar-refractivity contribution in [2.75, 3.05) is 12.4 Å². The maximum atomic E-state index is 12.5. The molecule has 1 N–H and O–H groups in total. The van der Waals surface area contributed by atoms with E-state index in [4.69, 9.17) is 4.74 Å². The molecule has 3 rings (SSSR count). The predicted octanol–water partition coefficient (Wildman–Crippen LogP) is 3.87. The van der Waals surface area contributed by atoms with E-state index >= 15 is 0 Å². The molecular formula is C17H15N5O4S2. The maximum Gasteiger partial charge on any atom is 0.389 e. The molecule has 1 amide bonds. The molecule has 0 aliphatic heterocycles. The average Bonchev–Trinajstić information content (AvgIpc) is 3.10. The minimum absolute atomic E-state index is 0.00520. The number of anilines is 1. The molecule has 0 aliphatic rings. The van der Waals surface area contributed by atoms with Crippen LogP contribution in [0.5, 0.6) is 5.88 Å². The molecule has 3 aromatic rings. The van der Waals surface area contributed by atoms with Crippen molar-refractivity contribution >= 4 is 40.5 Å². The van der Waals surface area contributed by atoms with Crippen molar-refractivity contribution in [3.8, 4) is 5.88 Å². The highest BCUT2D eigenvalue weighted by molar-refractivity contribution is 8.01. The second kappa shape index (κ2) is 8.31. The smallest absolute Gasteiger partial charge is 0.389 e. The Hall–Kier alpha value is -3.05. The lowest BCUT2D eigenvalue weighted by atomic mass is 10.2. The van der Waals surface area contributed by atoms with Gasteiger partial charge in [-0.15, -0.1) is 0 Å². The van der Waals surface area contributed by atoms with Crippen LogP contribution in [-0.2, 0) is 0 Å². The number of hydrogen-bond acceptors (Lipinski definition) is 9. The Balaban J connectivity index is 1.87. The van der Waals surface area contributed by atoms with Crippen LogP contribution in [0.3, 0.4) is 0 Å². The number of nitrogens with zero attached hydrogens (tertiary/aromatic N) is 4. The summed E-state index contributed by atoms with van der Waals surface area (Å²) in [5.74, 6) is -0.483. The number of ether oxygens (including phenoxy) is 1. The number of aryl methyl sites for hydroxylation is 2. The second-order valence-corrected chi connectivity index (χ2v) is 7.91. The molecule has 0 fully saturated rings. The monoisotopic (exact) mass is 417 g/mol. The number of aromatic nitrogens is 3. The van der Waals surface area contributed by atoms with Gasteiger partial charge in [0.05, 0.1) is 19.0 Å². The van der Waals surface area contributed by atoms with Crippen LogP contribution >= 0.6 is 23.1 Å². The van der Waals surface area contributed by atoms with E-state index in [0.717, 1.165) is 27.4 Å². The van der Waals surface area contributed by atoms with E-state index in [9.17, 15) is 14.9 Å². The number of carbonyl (C=O) groups is 1. The van der Waals surface area contributed by atoms with Gasteiger partial charge in [-0.25, -0.2) is 4.98 Å². The van der Waals surface area contributed by atoms with E-state index in [0.29, 0.717) is 15.8 Å². The molecule has 0 bridgehead atoms. The van der Waals surface area contributed by atoms with Crippen LogP contribution in [0.1, 0.15) is 20.9 Å². The van der Waals surface area contributed by atoms with E-state index in [1.165, 1.54) is 25.1 Å². The zero-order chi connectivity index (χ0) is 20.3. The van der Waals surface area contributed by atoms with Gasteiger partial charge in [-0.2, -0.15) is 0 Å². The lowest BCUT2D eigenvalue weighted by molar-refractivity contribution is -0.391. The molecule has 0 unspecified atom stereocenters. The molecule has 11 heteroatoms. The normalized spacial score (nSPS) is 10.5. The fourth-order valence-electron chi connectivity index (χ4n) is 2.28. The quantitative estimate of drug-likeness (QED) is 0.474. The molecule has 0 spiro atoms. The molecule has 0 saturated heterocycles. The van der Waals surface area contributed by atoms with E-state index in [-0.39, 0.29) is 10.8 Å². The summed E-state index contributed by atoms with van der Waals surface area (Å²) in [6, 6.07) is 3.21. The zero-order valence-corrected chi connectivity index (χ0v) is 16.8. The summed E-state index contributed by atoms with van der Waals surface area (Å²) in [6.07, 6.45) is 4.80. The number of pyridine rings is 2. The first-order chi connectivity index (χ1) is 13.4. The molecule has 0 atom stereocenters. The Morgan fingerprint density at radius 1 is 1.25 bits per heavy atom. The molecule has 28 heavy (non-hydrogen) atoms. The topological polar surface area (TPSA) is 120 Å². The molecule has 0 aromatic carbocycles. The van der Waals surface area contributed by atoms with Crippen molar-refractivity contribution in [1.82, 2.24) is 15.0 Å². The number of carbonyl (C=O) groups excluding carboxylic acids is 1. The molecule has 9 nitrogen and oxygen atoms in total. The molecule has 3 heterocycles. The van der Waals surface area contributed by atoms with Gasteiger partial charge in [-0.3, -0.25) is 9.78 Å². The van der Waals surface area contributed by atoms with Crippen LogP contribution in [0, 0.1) is 24.0 Å². The van der Waals surface area contributed by atoms with Crippen molar-refractivity contribution in [2.45, 2.75) is 23.0 Å². The third-order valence-corrected chi connectivity index (χ3v) is 6.15. The summed E-state index contributed by atoms with van der Waals surface area (Å²) < 4.78 is 5.30. The van der Waals surface area contributed by atoms with Crippen molar-refractivity contribution < 1.29 is 14.5 Å². The first-order valence-corrected chi connectivity index (χ1v) is 9.58. The Morgan fingerprint density at radius 3 is 2.54 bits per heavy atom. The first kappa shape index (κ1) is 19.7. The van der Waals surface area contributed by atoms with E-state index in [1.807, 2.05) is 13.8 Å². The molecular weight excluding hydrogens is 402 g/mol. The van der Waals surface area contributed by atoms with Crippen LogP contribution in [0.2, 0.25) is 0 Å².